The molecule has 0 aliphatic carbocycles. The number of nitrogens with zero attached hydrogens (tertiary/aromatic N) is 8. The van der Waals surface area contributed by atoms with Crippen LogP contribution < -0.4 is 14.5 Å². The highest BCUT2D eigenvalue weighted by Crippen LogP contribution is 2.21. The second kappa shape index (κ2) is 9.48. The standard InChI is InChI=1S/C20H30N8O3/c1-24-15-16(19(23-24)31-2)20(30)28-11-9-27(10-12-28)18-4-3-17(21-22-18)26-7-5-25(6-8-26)13-14-29/h3-4,15,29H,5-14H2,1-2H3. The van der Waals surface area contributed by atoms with E-state index >= 15 is 0 Å². The van der Waals surface area contributed by atoms with E-state index in [-0.39, 0.29) is 12.5 Å². The SMILES string of the molecule is COc1nn(C)cc1C(=O)N1CCN(c2ccc(N3CCN(CCO)CC3)nn2)CC1. The highest BCUT2D eigenvalue weighted by molar-refractivity contribution is 5.96. The lowest BCUT2D eigenvalue weighted by Gasteiger charge is -2.36. The Morgan fingerprint density at radius 1 is 1.00 bits per heavy atom. The van der Waals surface area contributed by atoms with Crippen molar-refractivity contribution in [2.24, 2.45) is 7.05 Å². The summed E-state index contributed by atoms with van der Waals surface area (Å²) in [6.45, 7) is 7.12. The van der Waals surface area contributed by atoms with E-state index in [1.165, 1.54) is 7.11 Å². The summed E-state index contributed by atoms with van der Waals surface area (Å²) in [5.41, 5.74) is 0.488. The first-order chi connectivity index (χ1) is 15.1. The highest BCUT2D eigenvalue weighted by atomic mass is 16.5. The molecule has 4 heterocycles. The van der Waals surface area contributed by atoms with Crippen LogP contribution >= 0.6 is 0 Å². The summed E-state index contributed by atoms with van der Waals surface area (Å²) in [6.07, 6.45) is 1.70. The molecule has 2 fully saturated rings. The Balaban J connectivity index is 1.31. The molecule has 168 valence electrons. The number of hydrogen-bond donors (Lipinski definition) is 1. The zero-order valence-electron chi connectivity index (χ0n) is 18.1. The average Bonchev–Trinajstić information content (AvgIpc) is 3.20. The second-order valence-corrected chi connectivity index (χ2v) is 7.81. The molecule has 0 aromatic carbocycles. The Labute approximate surface area is 181 Å². The maximum atomic E-state index is 12.8. The molecule has 11 nitrogen and oxygen atoms in total. The van der Waals surface area contributed by atoms with Crippen molar-refractivity contribution in [3.63, 3.8) is 0 Å². The third kappa shape index (κ3) is 4.72. The van der Waals surface area contributed by atoms with Gasteiger partial charge in [0.2, 0.25) is 5.88 Å². The van der Waals surface area contributed by atoms with E-state index in [1.807, 2.05) is 17.0 Å². The summed E-state index contributed by atoms with van der Waals surface area (Å²) in [4.78, 5) is 21.3. The first-order valence-electron chi connectivity index (χ1n) is 10.6. The van der Waals surface area contributed by atoms with E-state index in [0.29, 0.717) is 37.6 Å². The summed E-state index contributed by atoms with van der Waals surface area (Å²) in [6, 6.07) is 4.02. The Morgan fingerprint density at radius 3 is 2.10 bits per heavy atom. The smallest absolute Gasteiger partial charge is 0.261 e. The molecular formula is C20H30N8O3. The molecule has 2 aromatic heterocycles. The lowest BCUT2D eigenvalue weighted by molar-refractivity contribution is 0.0743. The van der Waals surface area contributed by atoms with Gasteiger partial charge in [0.1, 0.15) is 5.56 Å². The van der Waals surface area contributed by atoms with Crippen molar-refractivity contribution in [2.45, 2.75) is 0 Å². The second-order valence-electron chi connectivity index (χ2n) is 7.81. The van der Waals surface area contributed by atoms with Crippen molar-refractivity contribution < 1.29 is 14.6 Å². The molecule has 2 aliphatic heterocycles. The number of amides is 1. The average molecular weight is 431 g/mol. The van der Waals surface area contributed by atoms with Crippen LogP contribution in [-0.2, 0) is 7.05 Å². The van der Waals surface area contributed by atoms with Gasteiger partial charge in [0.05, 0.1) is 13.7 Å². The third-order valence-corrected chi connectivity index (χ3v) is 5.86. The zero-order chi connectivity index (χ0) is 21.8. The molecule has 4 rings (SSSR count). The maximum Gasteiger partial charge on any atom is 0.261 e. The monoisotopic (exact) mass is 430 g/mol. The van der Waals surface area contributed by atoms with Crippen LogP contribution in [0.15, 0.2) is 18.3 Å². The Hall–Kier alpha value is -2.92. The molecule has 0 spiro atoms. The number of carbonyl (C=O) groups excluding carboxylic acids is 1. The number of ether oxygens (including phenoxy) is 1. The van der Waals surface area contributed by atoms with Crippen molar-refractivity contribution in [2.75, 3.05) is 82.4 Å². The zero-order valence-corrected chi connectivity index (χ0v) is 18.1. The topological polar surface area (TPSA) is 103 Å². The lowest BCUT2D eigenvalue weighted by atomic mass is 10.2. The number of aliphatic hydroxyl groups is 1. The molecule has 0 radical (unpaired) electrons. The van der Waals surface area contributed by atoms with Crippen LogP contribution in [0, 0.1) is 0 Å². The molecule has 2 saturated heterocycles. The van der Waals surface area contributed by atoms with E-state index in [9.17, 15) is 4.79 Å². The predicted molar refractivity (Wildman–Crippen MR) is 116 cm³/mol. The van der Waals surface area contributed by atoms with E-state index in [2.05, 4.69) is 30.0 Å². The molecule has 2 aliphatic rings. The third-order valence-electron chi connectivity index (χ3n) is 5.86. The van der Waals surface area contributed by atoms with E-state index < -0.39 is 0 Å². The molecular weight excluding hydrogens is 400 g/mol. The fraction of sp³-hybridized carbons (Fsp3) is 0.600. The number of β-amino-alcohol motifs (C(OH)–C–C–N with tert-alkyl or cyclic N) is 1. The molecule has 0 unspecified atom stereocenters. The van der Waals surface area contributed by atoms with Crippen molar-refractivity contribution in [3.05, 3.63) is 23.9 Å². The minimum atomic E-state index is -0.0635. The molecule has 0 atom stereocenters. The van der Waals surface area contributed by atoms with Gasteiger partial charge in [-0.3, -0.25) is 14.4 Å². The van der Waals surface area contributed by atoms with Gasteiger partial charge in [-0.05, 0) is 12.1 Å². The normalized spacial score (nSPS) is 17.8. The number of carbonyl (C=O) groups is 1. The van der Waals surface area contributed by atoms with E-state index in [1.54, 1.807) is 17.9 Å². The van der Waals surface area contributed by atoms with Crippen molar-refractivity contribution in [1.82, 2.24) is 29.8 Å². The van der Waals surface area contributed by atoms with Gasteiger partial charge in [-0.2, -0.15) is 0 Å². The van der Waals surface area contributed by atoms with Gasteiger partial charge in [0.25, 0.3) is 5.91 Å². The van der Waals surface area contributed by atoms with Gasteiger partial charge in [-0.15, -0.1) is 15.3 Å². The minimum Gasteiger partial charge on any atom is -0.479 e. The van der Waals surface area contributed by atoms with Gasteiger partial charge < -0.3 is 24.5 Å². The molecule has 0 bridgehead atoms. The van der Waals surface area contributed by atoms with Crippen molar-refractivity contribution >= 4 is 17.5 Å². The Bertz CT molecular complexity index is 871. The first-order valence-corrected chi connectivity index (χ1v) is 10.6. The summed E-state index contributed by atoms with van der Waals surface area (Å²) in [5, 5.41) is 22.1. The summed E-state index contributed by atoms with van der Waals surface area (Å²) in [7, 11) is 3.29. The molecule has 0 saturated carbocycles. The minimum absolute atomic E-state index is 0.0635. The molecule has 1 amide bonds. The van der Waals surface area contributed by atoms with Gasteiger partial charge >= 0.3 is 0 Å². The van der Waals surface area contributed by atoms with Gasteiger partial charge in [-0.1, -0.05) is 0 Å². The van der Waals surface area contributed by atoms with Crippen LogP contribution in [0.25, 0.3) is 0 Å². The van der Waals surface area contributed by atoms with Crippen molar-refractivity contribution in [3.8, 4) is 5.88 Å². The number of rotatable bonds is 6. The number of aryl methyl sites for hydroxylation is 1. The number of methoxy groups -OCH3 is 1. The van der Waals surface area contributed by atoms with Gasteiger partial charge in [0.15, 0.2) is 11.6 Å². The number of aromatic nitrogens is 4. The van der Waals surface area contributed by atoms with Crippen LogP contribution in [-0.4, -0.2) is 113 Å². The summed E-state index contributed by atoms with van der Waals surface area (Å²) < 4.78 is 6.81. The van der Waals surface area contributed by atoms with Crippen LogP contribution in [0.2, 0.25) is 0 Å². The van der Waals surface area contributed by atoms with Gasteiger partial charge in [0, 0.05) is 72.1 Å². The van der Waals surface area contributed by atoms with Crippen LogP contribution in [0.3, 0.4) is 0 Å². The molecule has 31 heavy (non-hydrogen) atoms. The number of hydrogen-bond acceptors (Lipinski definition) is 9. The largest absolute Gasteiger partial charge is 0.479 e. The van der Waals surface area contributed by atoms with Crippen LogP contribution in [0.5, 0.6) is 5.88 Å². The number of aliphatic hydroxyl groups excluding tert-OH is 1. The van der Waals surface area contributed by atoms with Crippen molar-refractivity contribution in [1.29, 1.82) is 0 Å². The lowest BCUT2D eigenvalue weighted by Crippen LogP contribution is -2.49. The maximum absolute atomic E-state index is 12.8. The fourth-order valence-electron chi connectivity index (χ4n) is 4.07. The van der Waals surface area contributed by atoms with E-state index in [4.69, 9.17) is 9.84 Å². The Morgan fingerprint density at radius 2 is 1.58 bits per heavy atom. The fourth-order valence-corrected chi connectivity index (χ4v) is 4.07. The molecule has 1 N–H and O–H groups in total. The Kier molecular flexibility index (Phi) is 6.52. The summed E-state index contributed by atoms with van der Waals surface area (Å²) >= 11 is 0. The van der Waals surface area contributed by atoms with Gasteiger partial charge in [-0.25, -0.2) is 0 Å². The van der Waals surface area contributed by atoms with Crippen LogP contribution in [0.1, 0.15) is 10.4 Å². The van der Waals surface area contributed by atoms with Crippen LogP contribution in [0.4, 0.5) is 11.6 Å². The number of anilines is 2. The highest BCUT2D eigenvalue weighted by Gasteiger charge is 2.27. The number of piperazine rings is 2. The molecule has 2 aromatic rings. The predicted octanol–water partition coefficient (Wildman–Crippen LogP) is -0.705. The molecule has 11 heteroatoms. The first kappa shape index (κ1) is 21.3. The quantitative estimate of drug-likeness (QED) is 0.637. The van der Waals surface area contributed by atoms with E-state index in [0.717, 1.165) is 44.4 Å². The summed E-state index contributed by atoms with van der Waals surface area (Å²) in [5.74, 6) is 2.00.